The number of ether oxygens (including phenoxy) is 1. The van der Waals surface area contributed by atoms with Crippen molar-refractivity contribution in [2.24, 2.45) is 11.7 Å². The Kier molecular flexibility index (Phi) is 9.63. The van der Waals surface area contributed by atoms with Gasteiger partial charge in [0.05, 0.1) is 12.2 Å². The summed E-state index contributed by atoms with van der Waals surface area (Å²) in [6, 6.07) is 23.5. The number of piperidine rings is 1. The molecule has 4 aromatic rings. The lowest BCUT2D eigenvalue weighted by molar-refractivity contribution is -0.0651. The SMILES string of the molecule is Cc1ccc2c(c1O)C[C@@H](C1CCN(Cc3cn(Cc4ccccc4)c4ccccc34)CC1)O[C@H]2CN.Cl.Cl. The molecule has 7 heteroatoms. The third-order valence-corrected chi connectivity index (χ3v) is 8.44. The van der Waals surface area contributed by atoms with E-state index in [1.54, 1.807) is 0 Å². The molecule has 0 saturated carbocycles. The van der Waals surface area contributed by atoms with Crippen LogP contribution in [0.3, 0.4) is 0 Å². The molecule has 2 atom stereocenters. The topological polar surface area (TPSA) is 63.6 Å². The summed E-state index contributed by atoms with van der Waals surface area (Å²) in [5.41, 5.74) is 13.1. The summed E-state index contributed by atoms with van der Waals surface area (Å²) in [4.78, 5) is 2.59. The van der Waals surface area contributed by atoms with Crippen molar-refractivity contribution in [2.45, 2.75) is 51.5 Å². The third kappa shape index (κ3) is 5.98. The summed E-state index contributed by atoms with van der Waals surface area (Å²) in [6.07, 6.45) is 5.32. The molecular formula is C32H39Cl2N3O2. The molecule has 0 unspecified atom stereocenters. The van der Waals surface area contributed by atoms with Gasteiger partial charge in [-0.25, -0.2) is 0 Å². The van der Waals surface area contributed by atoms with E-state index in [1.807, 2.05) is 13.0 Å². The standard InChI is InChI=1S/C32H37N3O2.2ClH/c1-22-11-12-27-28(32(22)36)17-30(37-31(27)18-33)24-13-15-34(16-14-24)20-25-21-35(19-23-7-3-2-4-8-23)29-10-6-5-9-26(25)29;;/h2-12,21,24,30-31,36H,13-20,33H2,1H3;2*1H/t30-,31-;;/m0../s1. The first-order chi connectivity index (χ1) is 18.1. The number of hydrogen-bond donors (Lipinski definition) is 2. The van der Waals surface area contributed by atoms with Crippen molar-refractivity contribution in [3.8, 4) is 5.75 Å². The van der Waals surface area contributed by atoms with Crippen molar-refractivity contribution in [3.05, 3.63) is 101 Å². The van der Waals surface area contributed by atoms with Crippen molar-refractivity contribution in [1.82, 2.24) is 9.47 Å². The third-order valence-electron chi connectivity index (χ3n) is 8.44. The van der Waals surface area contributed by atoms with Crippen LogP contribution >= 0.6 is 24.8 Å². The zero-order valence-electron chi connectivity index (χ0n) is 22.5. The number of fused-ring (bicyclic) bond motifs is 2. The molecule has 0 bridgehead atoms. The fourth-order valence-corrected chi connectivity index (χ4v) is 6.36. The summed E-state index contributed by atoms with van der Waals surface area (Å²) >= 11 is 0. The number of halogens is 2. The Balaban J connectivity index is 0.00000176. The highest BCUT2D eigenvalue weighted by molar-refractivity contribution is 5.86. The van der Waals surface area contributed by atoms with Gasteiger partial charge in [-0.2, -0.15) is 0 Å². The van der Waals surface area contributed by atoms with Crippen LogP contribution in [0.4, 0.5) is 0 Å². The van der Waals surface area contributed by atoms with Crippen LogP contribution < -0.4 is 5.73 Å². The van der Waals surface area contributed by atoms with Crippen LogP contribution in [0.15, 0.2) is 72.9 Å². The minimum Gasteiger partial charge on any atom is -0.507 e. The number of phenols is 1. The lowest BCUT2D eigenvalue weighted by Gasteiger charge is -2.40. The summed E-state index contributed by atoms with van der Waals surface area (Å²) < 4.78 is 8.90. The van der Waals surface area contributed by atoms with Crippen LogP contribution in [0.1, 0.15) is 46.8 Å². The molecule has 1 saturated heterocycles. The maximum Gasteiger partial charge on any atom is 0.122 e. The van der Waals surface area contributed by atoms with Gasteiger partial charge in [-0.05, 0) is 67.1 Å². The Morgan fingerprint density at radius 2 is 1.64 bits per heavy atom. The monoisotopic (exact) mass is 567 g/mol. The first-order valence-electron chi connectivity index (χ1n) is 13.6. The van der Waals surface area contributed by atoms with Gasteiger partial charge in [-0.1, -0.05) is 60.7 Å². The molecular weight excluding hydrogens is 529 g/mol. The van der Waals surface area contributed by atoms with E-state index in [4.69, 9.17) is 10.5 Å². The average molecular weight is 569 g/mol. The van der Waals surface area contributed by atoms with Gasteiger partial charge in [0, 0.05) is 48.7 Å². The number of likely N-dealkylation sites (tertiary alicyclic amines) is 1. The van der Waals surface area contributed by atoms with E-state index in [0.717, 1.165) is 62.1 Å². The fourth-order valence-electron chi connectivity index (χ4n) is 6.36. The molecule has 1 fully saturated rings. The maximum absolute atomic E-state index is 10.8. The van der Waals surface area contributed by atoms with Crippen LogP contribution in [0.5, 0.6) is 5.75 Å². The number of rotatable bonds is 6. The van der Waals surface area contributed by atoms with Gasteiger partial charge < -0.3 is 20.1 Å². The maximum atomic E-state index is 10.8. The van der Waals surface area contributed by atoms with E-state index in [9.17, 15) is 5.11 Å². The summed E-state index contributed by atoms with van der Waals surface area (Å²) in [5.74, 6) is 0.909. The van der Waals surface area contributed by atoms with E-state index in [-0.39, 0.29) is 37.0 Å². The Morgan fingerprint density at radius 1 is 0.923 bits per heavy atom. The molecule has 3 N–H and O–H groups in total. The number of aromatic nitrogens is 1. The van der Waals surface area contributed by atoms with Crippen LogP contribution in [0.2, 0.25) is 0 Å². The predicted octanol–water partition coefficient (Wildman–Crippen LogP) is 6.40. The smallest absolute Gasteiger partial charge is 0.122 e. The number of hydrogen-bond acceptors (Lipinski definition) is 4. The van der Waals surface area contributed by atoms with Crippen molar-refractivity contribution >= 4 is 35.7 Å². The number of benzene rings is 3. The highest BCUT2D eigenvalue weighted by atomic mass is 35.5. The summed E-state index contributed by atoms with van der Waals surface area (Å²) in [7, 11) is 0. The van der Waals surface area contributed by atoms with Gasteiger partial charge in [0.15, 0.2) is 0 Å². The van der Waals surface area contributed by atoms with E-state index >= 15 is 0 Å². The number of aryl methyl sites for hydroxylation is 1. The van der Waals surface area contributed by atoms with E-state index in [2.05, 4.69) is 76.3 Å². The molecule has 39 heavy (non-hydrogen) atoms. The Bertz CT molecular complexity index is 1380. The van der Waals surface area contributed by atoms with Crippen LogP contribution in [-0.2, 0) is 24.2 Å². The van der Waals surface area contributed by atoms with Gasteiger partial charge in [0.2, 0.25) is 0 Å². The van der Waals surface area contributed by atoms with Gasteiger partial charge in [0.25, 0.3) is 0 Å². The first kappa shape index (κ1) is 29.4. The first-order valence-corrected chi connectivity index (χ1v) is 13.6. The van der Waals surface area contributed by atoms with E-state index in [0.29, 0.717) is 18.2 Å². The normalized spacial score (nSPS) is 19.7. The highest BCUT2D eigenvalue weighted by Gasteiger charge is 2.35. The lowest BCUT2D eigenvalue weighted by Crippen LogP contribution is -2.41. The highest BCUT2D eigenvalue weighted by Crippen LogP contribution is 2.40. The van der Waals surface area contributed by atoms with E-state index < -0.39 is 0 Å². The minimum absolute atomic E-state index is 0. The molecule has 0 radical (unpaired) electrons. The van der Waals surface area contributed by atoms with Crippen molar-refractivity contribution in [2.75, 3.05) is 19.6 Å². The number of nitrogens with zero attached hydrogens (tertiary/aromatic N) is 2. The molecule has 6 rings (SSSR count). The molecule has 3 aromatic carbocycles. The largest absolute Gasteiger partial charge is 0.507 e. The van der Waals surface area contributed by atoms with Crippen LogP contribution in [-0.4, -0.2) is 40.3 Å². The predicted molar refractivity (Wildman–Crippen MR) is 163 cm³/mol. The van der Waals surface area contributed by atoms with Gasteiger partial charge in [0.1, 0.15) is 5.75 Å². The Morgan fingerprint density at radius 3 is 2.38 bits per heavy atom. The molecule has 3 heterocycles. The number of aromatic hydroxyl groups is 1. The number of nitrogens with two attached hydrogens (primary N) is 1. The Hall–Kier alpha value is -2.54. The lowest BCUT2D eigenvalue weighted by atomic mass is 9.83. The molecule has 2 aliphatic heterocycles. The summed E-state index contributed by atoms with van der Waals surface area (Å²) in [6.45, 7) is 6.38. The van der Waals surface area contributed by atoms with Crippen molar-refractivity contribution in [3.63, 3.8) is 0 Å². The second-order valence-electron chi connectivity index (χ2n) is 10.8. The minimum atomic E-state index is -0.131. The quantitative estimate of drug-likeness (QED) is 0.283. The zero-order valence-corrected chi connectivity index (χ0v) is 24.1. The molecule has 0 spiro atoms. The molecule has 2 aliphatic rings. The molecule has 208 valence electrons. The van der Waals surface area contributed by atoms with Gasteiger partial charge in [-0.3, -0.25) is 4.90 Å². The zero-order chi connectivity index (χ0) is 25.4. The number of phenolic OH excluding ortho intramolecular Hbond substituents is 1. The van der Waals surface area contributed by atoms with Crippen LogP contribution in [0, 0.1) is 12.8 Å². The van der Waals surface area contributed by atoms with Crippen molar-refractivity contribution < 1.29 is 9.84 Å². The molecule has 1 aromatic heterocycles. The molecule has 0 aliphatic carbocycles. The van der Waals surface area contributed by atoms with Gasteiger partial charge in [-0.15, -0.1) is 24.8 Å². The summed E-state index contributed by atoms with van der Waals surface area (Å²) in [5, 5.41) is 12.1. The molecule has 0 amide bonds. The van der Waals surface area contributed by atoms with Gasteiger partial charge >= 0.3 is 0 Å². The fraction of sp³-hybridized carbons (Fsp3) is 0.375. The Labute approximate surface area is 243 Å². The second-order valence-corrected chi connectivity index (χ2v) is 10.8. The van der Waals surface area contributed by atoms with Crippen LogP contribution in [0.25, 0.3) is 10.9 Å². The van der Waals surface area contributed by atoms with E-state index in [1.165, 1.54) is 22.0 Å². The second kappa shape index (κ2) is 12.8. The number of para-hydroxylation sites is 1. The van der Waals surface area contributed by atoms with Crippen molar-refractivity contribution in [1.29, 1.82) is 0 Å². The average Bonchev–Trinajstić information content (AvgIpc) is 3.28. The molecule has 5 nitrogen and oxygen atoms in total.